The van der Waals surface area contributed by atoms with Gasteiger partial charge in [-0.15, -0.1) is 0 Å². The zero-order chi connectivity index (χ0) is 19.6. The highest BCUT2D eigenvalue weighted by molar-refractivity contribution is 5.95. The molecule has 3 rings (SSSR count). The number of methoxy groups -OCH3 is 1. The van der Waals surface area contributed by atoms with Crippen LogP contribution in [0, 0.1) is 0 Å². The predicted octanol–water partition coefficient (Wildman–Crippen LogP) is 1.83. The van der Waals surface area contributed by atoms with Gasteiger partial charge in [-0.1, -0.05) is 12.1 Å². The average Bonchev–Trinajstić information content (AvgIpc) is 2.98. The molecule has 2 heterocycles. The Labute approximate surface area is 157 Å². The Morgan fingerprint density at radius 1 is 1.19 bits per heavy atom. The monoisotopic (exact) mass is 369 g/mol. The Bertz CT molecular complexity index is 870. The van der Waals surface area contributed by atoms with Crippen LogP contribution in [-0.4, -0.2) is 53.5 Å². The van der Waals surface area contributed by atoms with Gasteiger partial charge in [0.25, 0.3) is 5.91 Å². The van der Waals surface area contributed by atoms with E-state index in [0.717, 1.165) is 11.1 Å². The number of carbonyl (C=O) groups excluding carboxylic acids is 3. The van der Waals surface area contributed by atoms with Gasteiger partial charge in [0.1, 0.15) is 5.69 Å². The summed E-state index contributed by atoms with van der Waals surface area (Å²) in [4.78, 5) is 37.9. The third-order valence-corrected chi connectivity index (χ3v) is 4.83. The summed E-state index contributed by atoms with van der Waals surface area (Å²) in [5, 5.41) is 2.81. The van der Waals surface area contributed by atoms with Gasteiger partial charge in [0.15, 0.2) is 0 Å². The lowest BCUT2D eigenvalue weighted by molar-refractivity contribution is -0.120. The maximum atomic E-state index is 12.8. The van der Waals surface area contributed by atoms with Crippen molar-refractivity contribution < 1.29 is 19.1 Å². The van der Waals surface area contributed by atoms with Crippen LogP contribution >= 0.6 is 0 Å². The number of aryl methyl sites for hydroxylation is 1. The van der Waals surface area contributed by atoms with E-state index in [1.54, 1.807) is 34.7 Å². The van der Waals surface area contributed by atoms with Crippen molar-refractivity contribution in [3.63, 3.8) is 0 Å². The molecule has 0 saturated carbocycles. The fourth-order valence-electron chi connectivity index (χ4n) is 3.21. The maximum absolute atomic E-state index is 12.8. The summed E-state index contributed by atoms with van der Waals surface area (Å²) < 4.78 is 6.48. The van der Waals surface area contributed by atoms with Crippen LogP contribution in [-0.2, 0) is 16.6 Å². The van der Waals surface area contributed by atoms with Crippen molar-refractivity contribution in [2.24, 2.45) is 7.05 Å². The summed E-state index contributed by atoms with van der Waals surface area (Å²) in [6.45, 7) is 2.80. The summed E-state index contributed by atoms with van der Waals surface area (Å²) >= 11 is 0. The van der Waals surface area contributed by atoms with Gasteiger partial charge in [-0.05, 0) is 30.7 Å². The predicted molar refractivity (Wildman–Crippen MR) is 100 cm³/mol. The van der Waals surface area contributed by atoms with E-state index in [9.17, 15) is 14.4 Å². The van der Waals surface area contributed by atoms with E-state index < -0.39 is 5.97 Å². The fourth-order valence-corrected chi connectivity index (χ4v) is 3.21. The molecule has 2 aromatic rings. The second-order valence-electron chi connectivity index (χ2n) is 6.70. The molecule has 0 bridgehead atoms. The Balaban J connectivity index is 1.80. The molecular formula is C20H23N3O4. The zero-order valence-electron chi connectivity index (χ0n) is 15.7. The number of benzene rings is 1. The standard InChI is InChI=1S/C20H23N3O4/c1-13-11-21-18(24)8-9-23(13)19(25)15-6-4-14(5-7-15)16-10-17(20(26)27-3)22(2)12-16/h4-7,10,12-13H,8-9,11H2,1-3H3,(H,21,24)/t13-/m0/s1. The fraction of sp³-hybridized carbons (Fsp3) is 0.350. The molecule has 1 aromatic heterocycles. The van der Waals surface area contributed by atoms with Gasteiger partial charge in [0.05, 0.1) is 7.11 Å². The number of nitrogens with zero attached hydrogens (tertiary/aromatic N) is 2. The molecule has 7 nitrogen and oxygen atoms in total. The van der Waals surface area contributed by atoms with Gasteiger partial charge >= 0.3 is 5.97 Å². The average molecular weight is 369 g/mol. The molecule has 2 amide bonds. The van der Waals surface area contributed by atoms with Crippen LogP contribution < -0.4 is 5.32 Å². The number of aromatic nitrogens is 1. The van der Waals surface area contributed by atoms with E-state index in [1.807, 2.05) is 25.3 Å². The molecule has 1 aromatic carbocycles. The van der Waals surface area contributed by atoms with Crippen LogP contribution in [0.5, 0.6) is 0 Å². The Morgan fingerprint density at radius 2 is 1.89 bits per heavy atom. The summed E-state index contributed by atoms with van der Waals surface area (Å²) in [5.74, 6) is -0.513. The first-order chi connectivity index (χ1) is 12.9. The highest BCUT2D eigenvalue weighted by Crippen LogP contribution is 2.23. The molecule has 1 aliphatic rings. The number of nitrogens with one attached hydrogen (secondary N) is 1. The Morgan fingerprint density at radius 3 is 2.56 bits per heavy atom. The first-order valence-electron chi connectivity index (χ1n) is 8.83. The molecule has 1 N–H and O–H groups in total. The van der Waals surface area contributed by atoms with Crippen LogP contribution in [0.3, 0.4) is 0 Å². The number of hydrogen-bond donors (Lipinski definition) is 1. The summed E-state index contributed by atoms with van der Waals surface area (Å²) in [6.07, 6.45) is 2.16. The number of hydrogen-bond acceptors (Lipinski definition) is 4. The molecule has 142 valence electrons. The first kappa shape index (κ1) is 18.7. The highest BCUT2D eigenvalue weighted by atomic mass is 16.5. The summed E-state index contributed by atoms with van der Waals surface area (Å²) in [6, 6.07) is 8.97. The minimum absolute atomic E-state index is 0.0296. The van der Waals surface area contributed by atoms with Crippen LogP contribution in [0.4, 0.5) is 0 Å². The molecular weight excluding hydrogens is 346 g/mol. The second-order valence-corrected chi connectivity index (χ2v) is 6.70. The van der Waals surface area contributed by atoms with Crippen molar-refractivity contribution in [2.75, 3.05) is 20.2 Å². The van der Waals surface area contributed by atoms with Gasteiger partial charge < -0.3 is 19.5 Å². The van der Waals surface area contributed by atoms with Gasteiger partial charge in [-0.25, -0.2) is 4.79 Å². The molecule has 7 heteroatoms. The van der Waals surface area contributed by atoms with E-state index in [1.165, 1.54) is 7.11 Å². The minimum atomic E-state index is -0.395. The van der Waals surface area contributed by atoms with E-state index in [-0.39, 0.29) is 17.9 Å². The number of ether oxygens (including phenoxy) is 1. The van der Waals surface area contributed by atoms with E-state index in [0.29, 0.717) is 30.8 Å². The van der Waals surface area contributed by atoms with Gasteiger partial charge in [-0.3, -0.25) is 9.59 Å². The maximum Gasteiger partial charge on any atom is 0.354 e. The highest BCUT2D eigenvalue weighted by Gasteiger charge is 2.25. The Hall–Kier alpha value is -3.09. The lowest BCUT2D eigenvalue weighted by Gasteiger charge is -2.26. The van der Waals surface area contributed by atoms with Crippen molar-refractivity contribution in [3.8, 4) is 11.1 Å². The van der Waals surface area contributed by atoms with Gasteiger partial charge in [0, 0.05) is 49.9 Å². The third kappa shape index (κ3) is 3.86. The van der Waals surface area contributed by atoms with Gasteiger partial charge in [-0.2, -0.15) is 0 Å². The molecule has 1 saturated heterocycles. The smallest absolute Gasteiger partial charge is 0.354 e. The number of rotatable bonds is 3. The van der Waals surface area contributed by atoms with Crippen molar-refractivity contribution in [3.05, 3.63) is 47.8 Å². The lowest BCUT2D eigenvalue weighted by Crippen LogP contribution is -2.41. The number of esters is 1. The molecule has 1 atom stereocenters. The summed E-state index contributed by atoms with van der Waals surface area (Å²) in [5.41, 5.74) is 2.81. The van der Waals surface area contributed by atoms with Crippen LogP contribution in [0.15, 0.2) is 36.5 Å². The lowest BCUT2D eigenvalue weighted by atomic mass is 10.1. The molecule has 0 unspecified atom stereocenters. The van der Waals surface area contributed by atoms with Crippen molar-refractivity contribution >= 4 is 17.8 Å². The van der Waals surface area contributed by atoms with Crippen molar-refractivity contribution in [1.29, 1.82) is 0 Å². The van der Waals surface area contributed by atoms with Crippen LogP contribution in [0.2, 0.25) is 0 Å². The largest absolute Gasteiger partial charge is 0.464 e. The minimum Gasteiger partial charge on any atom is -0.464 e. The SMILES string of the molecule is COC(=O)c1cc(-c2ccc(C(=O)N3CCC(=O)NC[C@@H]3C)cc2)cn1C. The molecule has 0 aliphatic carbocycles. The van der Waals surface area contributed by atoms with Crippen LogP contribution in [0.25, 0.3) is 11.1 Å². The topological polar surface area (TPSA) is 80.6 Å². The second kappa shape index (κ2) is 7.65. The molecule has 0 radical (unpaired) electrons. The van der Waals surface area contributed by atoms with Gasteiger partial charge in [0.2, 0.25) is 5.91 Å². The van der Waals surface area contributed by atoms with Crippen molar-refractivity contribution in [2.45, 2.75) is 19.4 Å². The normalized spacial score (nSPS) is 17.2. The molecule has 0 spiro atoms. The molecule has 1 fully saturated rings. The first-order valence-corrected chi connectivity index (χ1v) is 8.83. The third-order valence-electron chi connectivity index (χ3n) is 4.83. The zero-order valence-corrected chi connectivity index (χ0v) is 15.7. The number of amides is 2. The molecule has 1 aliphatic heterocycles. The quantitative estimate of drug-likeness (QED) is 0.837. The molecule has 27 heavy (non-hydrogen) atoms. The number of carbonyl (C=O) groups is 3. The Kier molecular flexibility index (Phi) is 5.30. The van der Waals surface area contributed by atoms with E-state index >= 15 is 0 Å². The van der Waals surface area contributed by atoms with Crippen molar-refractivity contribution in [1.82, 2.24) is 14.8 Å². The van der Waals surface area contributed by atoms with E-state index in [4.69, 9.17) is 4.74 Å². The summed E-state index contributed by atoms with van der Waals surface area (Å²) in [7, 11) is 3.13. The van der Waals surface area contributed by atoms with E-state index in [2.05, 4.69) is 5.32 Å². The van der Waals surface area contributed by atoms with Crippen LogP contribution in [0.1, 0.15) is 34.2 Å².